The molecule has 0 radical (unpaired) electrons. The highest BCUT2D eigenvalue weighted by atomic mass is 16.3. The van der Waals surface area contributed by atoms with Gasteiger partial charge in [0.05, 0.1) is 0 Å². The fourth-order valence-corrected chi connectivity index (χ4v) is 3.44. The first-order valence-electron chi connectivity index (χ1n) is 7.72. The highest BCUT2D eigenvalue weighted by molar-refractivity contribution is 5.31. The van der Waals surface area contributed by atoms with Gasteiger partial charge in [0.1, 0.15) is 0 Å². The average molecular weight is 276 g/mol. The topological polar surface area (TPSA) is 52.5 Å². The van der Waals surface area contributed by atoms with Crippen LogP contribution in [0.4, 0.5) is 5.95 Å². The summed E-state index contributed by atoms with van der Waals surface area (Å²) in [4.78, 5) is 13.4. The third kappa shape index (κ3) is 3.10. The normalized spacial score (nSPS) is 27.9. The summed E-state index contributed by atoms with van der Waals surface area (Å²) in [6.45, 7) is 5.65. The molecule has 110 valence electrons. The Balaban J connectivity index is 1.62. The van der Waals surface area contributed by atoms with Gasteiger partial charge in [-0.25, -0.2) is 9.97 Å². The van der Waals surface area contributed by atoms with Crippen molar-refractivity contribution in [3.63, 3.8) is 0 Å². The van der Waals surface area contributed by atoms with Crippen LogP contribution in [-0.4, -0.2) is 59.3 Å². The van der Waals surface area contributed by atoms with Crippen LogP contribution in [0.3, 0.4) is 0 Å². The van der Waals surface area contributed by atoms with Gasteiger partial charge in [-0.3, -0.25) is 0 Å². The lowest BCUT2D eigenvalue weighted by Gasteiger charge is -2.30. The fourth-order valence-electron chi connectivity index (χ4n) is 3.44. The van der Waals surface area contributed by atoms with Gasteiger partial charge >= 0.3 is 0 Å². The predicted octanol–water partition coefficient (Wildman–Crippen LogP) is 1.01. The molecule has 0 aromatic carbocycles. The van der Waals surface area contributed by atoms with Gasteiger partial charge in [0.15, 0.2) is 0 Å². The zero-order chi connectivity index (χ0) is 13.8. The molecule has 0 bridgehead atoms. The molecule has 2 fully saturated rings. The molecule has 0 spiro atoms. The van der Waals surface area contributed by atoms with Gasteiger partial charge < -0.3 is 14.9 Å². The second-order valence-corrected chi connectivity index (χ2v) is 6.02. The van der Waals surface area contributed by atoms with E-state index >= 15 is 0 Å². The van der Waals surface area contributed by atoms with Gasteiger partial charge in [-0.1, -0.05) is 6.42 Å². The van der Waals surface area contributed by atoms with E-state index < -0.39 is 0 Å². The molecule has 2 aliphatic rings. The van der Waals surface area contributed by atoms with Crippen molar-refractivity contribution in [2.75, 3.05) is 44.2 Å². The van der Waals surface area contributed by atoms with Crippen molar-refractivity contribution in [3.05, 3.63) is 18.5 Å². The minimum Gasteiger partial charge on any atom is -0.396 e. The van der Waals surface area contributed by atoms with Gasteiger partial charge in [0.25, 0.3) is 0 Å². The monoisotopic (exact) mass is 276 g/mol. The summed E-state index contributed by atoms with van der Waals surface area (Å²) in [7, 11) is 0. The summed E-state index contributed by atoms with van der Waals surface area (Å²) in [5.74, 6) is 1.68. The molecule has 0 aliphatic carbocycles. The van der Waals surface area contributed by atoms with E-state index in [-0.39, 0.29) is 6.61 Å². The molecular formula is C15H24N4O. The van der Waals surface area contributed by atoms with Crippen LogP contribution in [0.15, 0.2) is 18.5 Å². The lowest BCUT2D eigenvalue weighted by atomic mass is 9.95. The Labute approximate surface area is 120 Å². The van der Waals surface area contributed by atoms with Crippen molar-refractivity contribution in [1.29, 1.82) is 0 Å². The van der Waals surface area contributed by atoms with E-state index in [1.165, 1.54) is 32.4 Å². The number of aromatic nitrogens is 2. The van der Waals surface area contributed by atoms with Crippen molar-refractivity contribution in [3.8, 4) is 0 Å². The molecule has 5 heteroatoms. The van der Waals surface area contributed by atoms with Gasteiger partial charge in [-0.15, -0.1) is 0 Å². The van der Waals surface area contributed by atoms with Crippen LogP contribution in [0.5, 0.6) is 0 Å². The highest BCUT2D eigenvalue weighted by Crippen LogP contribution is 2.27. The number of aliphatic hydroxyl groups is 1. The van der Waals surface area contributed by atoms with Crippen LogP contribution < -0.4 is 4.90 Å². The van der Waals surface area contributed by atoms with Crippen LogP contribution in [0.2, 0.25) is 0 Å². The Hall–Kier alpha value is -1.20. The van der Waals surface area contributed by atoms with E-state index in [9.17, 15) is 5.11 Å². The van der Waals surface area contributed by atoms with Crippen LogP contribution in [-0.2, 0) is 0 Å². The Morgan fingerprint density at radius 3 is 2.45 bits per heavy atom. The molecule has 3 heterocycles. The zero-order valence-electron chi connectivity index (χ0n) is 12.0. The highest BCUT2D eigenvalue weighted by Gasteiger charge is 2.34. The molecule has 20 heavy (non-hydrogen) atoms. The molecule has 1 aromatic rings. The van der Waals surface area contributed by atoms with E-state index in [0.717, 1.165) is 25.6 Å². The lowest BCUT2D eigenvalue weighted by molar-refractivity contribution is 0.149. The van der Waals surface area contributed by atoms with E-state index in [1.54, 1.807) is 12.4 Å². The second-order valence-electron chi connectivity index (χ2n) is 6.02. The number of hydrogen-bond donors (Lipinski definition) is 1. The molecule has 2 aliphatic heterocycles. The molecule has 3 rings (SSSR count). The maximum Gasteiger partial charge on any atom is 0.225 e. The maximum absolute atomic E-state index is 9.64. The SMILES string of the molecule is OC[C@H]1CN(c2ncccn2)C[C@H]1CN1CCCCC1. The molecule has 0 saturated carbocycles. The molecule has 2 atom stereocenters. The molecule has 5 nitrogen and oxygen atoms in total. The van der Waals surface area contributed by atoms with E-state index in [1.807, 2.05) is 6.07 Å². The van der Waals surface area contributed by atoms with E-state index in [2.05, 4.69) is 19.8 Å². The van der Waals surface area contributed by atoms with Crippen LogP contribution in [0, 0.1) is 11.8 Å². The summed E-state index contributed by atoms with van der Waals surface area (Å²) in [6.07, 6.45) is 7.58. The Kier molecular flexibility index (Phi) is 4.47. The Morgan fingerprint density at radius 1 is 1.05 bits per heavy atom. The summed E-state index contributed by atoms with van der Waals surface area (Å²) in [6, 6.07) is 1.84. The first kappa shape index (κ1) is 13.8. The van der Waals surface area contributed by atoms with Gasteiger partial charge in [-0.05, 0) is 37.9 Å². The van der Waals surface area contributed by atoms with Crippen molar-refractivity contribution in [1.82, 2.24) is 14.9 Å². The number of anilines is 1. The first-order chi connectivity index (χ1) is 9.86. The summed E-state index contributed by atoms with van der Waals surface area (Å²) >= 11 is 0. The minimum atomic E-state index is 0.266. The number of rotatable bonds is 4. The molecular weight excluding hydrogens is 252 g/mol. The molecule has 0 amide bonds. The van der Waals surface area contributed by atoms with Crippen molar-refractivity contribution < 1.29 is 5.11 Å². The zero-order valence-corrected chi connectivity index (χ0v) is 12.0. The van der Waals surface area contributed by atoms with Crippen molar-refractivity contribution in [2.24, 2.45) is 11.8 Å². The number of aliphatic hydroxyl groups excluding tert-OH is 1. The molecule has 1 N–H and O–H groups in total. The lowest BCUT2D eigenvalue weighted by Crippen LogP contribution is -2.37. The maximum atomic E-state index is 9.64. The van der Waals surface area contributed by atoms with Gasteiger partial charge in [0, 0.05) is 44.6 Å². The van der Waals surface area contributed by atoms with Crippen molar-refractivity contribution in [2.45, 2.75) is 19.3 Å². The van der Waals surface area contributed by atoms with Gasteiger partial charge in [-0.2, -0.15) is 0 Å². The Morgan fingerprint density at radius 2 is 1.75 bits per heavy atom. The third-order valence-electron chi connectivity index (χ3n) is 4.59. The predicted molar refractivity (Wildman–Crippen MR) is 78.6 cm³/mol. The summed E-state index contributed by atoms with van der Waals surface area (Å²) in [5, 5.41) is 9.64. The molecule has 0 unspecified atom stereocenters. The quantitative estimate of drug-likeness (QED) is 0.889. The number of likely N-dealkylation sites (tertiary alicyclic amines) is 1. The van der Waals surface area contributed by atoms with Crippen LogP contribution in [0.25, 0.3) is 0 Å². The molecule has 1 aromatic heterocycles. The average Bonchev–Trinajstić information content (AvgIpc) is 2.92. The smallest absolute Gasteiger partial charge is 0.225 e. The second kappa shape index (κ2) is 6.50. The Bertz CT molecular complexity index is 408. The van der Waals surface area contributed by atoms with Gasteiger partial charge in [0.2, 0.25) is 5.95 Å². The van der Waals surface area contributed by atoms with Crippen LogP contribution in [0.1, 0.15) is 19.3 Å². The number of piperidine rings is 1. The largest absolute Gasteiger partial charge is 0.396 e. The van der Waals surface area contributed by atoms with Crippen LogP contribution >= 0.6 is 0 Å². The van der Waals surface area contributed by atoms with E-state index in [0.29, 0.717) is 11.8 Å². The molecule has 2 saturated heterocycles. The summed E-state index contributed by atoms with van der Waals surface area (Å²) < 4.78 is 0. The van der Waals surface area contributed by atoms with Crippen molar-refractivity contribution >= 4 is 5.95 Å². The standard InChI is InChI=1S/C15H24N4O/c20-12-14-11-19(15-16-5-4-6-17-15)10-13(14)9-18-7-2-1-3-8-18/h4-6,13-14,20H,1-3,7-12H2/t13-,14-/m1/s1. The third-order valence-corrected chi connectivity index (χ3v) is 4.59. The number of nitrogens with zero attached hydrogens (tertiary/aromatic N) is 4. The fraction of sp³-hybridized carbons (Fsp3) is 0.733. The van der Waals surface area contributed by atoms with E-state index in [4.69, 9.17) is 0 Å². The summed E-state index contributed by atoms with van der Waals surface area (Å²) in [5.41, 5.74) is 0. The number of hydrogen-bond acceptors (Lipinski definition) is 5. The minimum absolute atomic E-state index is 0.266. The first-order valence-corrected chi connectivity index (χ1v) is 7.72.